The molecule has 0 radical (unpaired) electrons. The Hall–Kier alpha value is -2.67. The van der Waals surface area contributed by atoms with Crippen molar-refractivity contribution in [3.05, 3.63) is 51.4 Å². The molecule has 22 heavy (non-hydrogen) atoms. The molecule has 0 aliphatic carbocycles. The monoisotopic (exact) mass is 315 g/mol. The van der Waals surface area contributed by atoms with Gasteiger partial charge in [-0.2, -0.15) is 9.78 Å². The van der Waals surface area contributed by atoms with Crippen LogP contribution in [0.1, 0.15) is 11.4 Å². The minimum Gasteiger partial charge on any atom is -0.507 e. The van der Waals surface area contributed by atoms with Gasteiger partial charge in [-0.25, -0.2) is 4.98 Å². The molecule has 3 rings (SSSR count). The second kappa shape index (κ2) is 5.61. The van der Waals surface area contributed by atoms with E-state index in [1.807, 2.05) is 5.38 Å². The van der Waals surface area contributed by atoms with Gasteiger partial charge in [0.25, 0.3) is 5.56 Å². The van der Waals surface area contributed by atoms with Gasteiger partial charge >= 0.3 is 0 Å². The van der Waals surface area contributed by atoms with Crippen LogP contribution in [-0.4, -0.2) is 28.1 Å². The molecule has 0 spiro atoms. The summed E-state index contributed by atoms with van der Waals surface area (Å²) in [6, 6.07) is 6.51. The molecule has 0 aliphatic heterocycles. The Labute approximate surface area is 129 Å². The molecule has 0 saturated carbocycles. The van der Waals surface area contributed by atoms with Crippen molar-refractivity contribution in [1.29, 1.82) is 0 Å². The maximum absolute atomic E-state index is 12.4. The van der Waals surface area contributed by atoms with Crippen LogP contribution < -0.4 is 10.3 Å². The lowest BCUT2D eigenvalue weighted by molar-refractivity contribution is 0.412. The number of benzene rings is 1. The lowest BCUT2D eigenvalue weighted by atomic mass is 10.2. The predicted molar refractivity (Wildman–Crippen MR) is 86.3 cm³/mol. The number of nitrogens with zero attached hydrogens (tertiary/aromatic N) is 3. The highest BCUT2D eigenvalue weighted by atomic mass is 32.1. The van der Waals surface area contributed by atoms with Gasteiger partial charge in [0.1, 0.15) is 22.2 Å². The topological polar surface area (TPSA) is 76.7 Å². The smallest absolute Gasteiger partial charge is 0.282 e. The number of ether oxygens (including phenoxy) is 1. The first-order valence-corrected chi connectivity index (χ1v) is 7.36. The van der Waals surface area contributed by atoms with E-state index >= 15 is 0 Å². The molecular weight excluding hydrogens is 302 g/mol. The Morgan fingerprint density at radius 1 is 1.41 bits per heavy atom. The molecule has 6 nitrogen and oxygen atoms in total. The van der Waals surface area contributed by atoms with E-state index in [1.165, 1.54) is 35.4 Å². The normalized spacial score (nSPS) is 11.4. The first-order valence-electron chi connectivity index (χ1n) is 6.48. The maximum Gasteiger partial charge on any atom is 0.282 e. The largest absolute Gasteiger partial charge is 0.507 e. The third kappa shape index (κ3) is 2.46. The van der Waals surface area contributed by atoms with Gasteiger partial charge in [0.15, 0.2) is 0 Å². The number of phenolic OH excluding ortho intramolecular Hbond substituents is 1. The number of fused-ring (bicyclic) bond motifs is 1. The molecule has 0 aliphatic rings. The van der Waals surface area contributed by atoms with Gasteiger partial charge in [-0.1, -0.05) is 0 Å². The number of aryl methyl sites for hydroxylation is 1. The molecule has 0 bridgehead atoms. The van der Waals surface area contributed by atoms with Gasteiger partial charge in [-0.05, 0) is 36.6 Å². The number of aromatic nitrogens is 2. The van der Waals surface area contributed by atoms with E-state index < -0.39 is 0 Å². The number of aromatic hydroxyl groups is 1. The van der Waals surface area contributed by atoms with Gasteiger partial charge in [0.05, 0.1) is 18.7 Å². The fourth-order valence-electron chi connectivity index (χ4n) is 2.02. The van der Waals surface area contributed by atoms with Gasteiger partial charge in [-0.15, -0.1) is 11.3 Å². The van der Waals surface area contributed by atoms with Crippen LogP contribution in [0.25, 0.3) is 10.2 Å². The van der Waals surface area contributed by atoms with Crippen LogP contribution in [0.4, 0.5) is 0 Å². The summed E-state index contributed by atoms with van der Waals surface area (Å²) in [5.74, 6) is 1.13. The minimum atomic E-state index is -0.234. The van der Waals surface area contributed by atoms with E-state index in [1.54, 1.807) is 25.1 Å². The van der Waals surface area contributed by atoms with Gasteiger partial charge in [0, 0.05) is 5.56 Å². The van der Waals surface area contributed by atoms with Crippen molar-refractivity contribution in [2.75, 3.05) is 7.11 Å². The molecule has 2 heterocycles. The van der Waals surface area contributed by atoms with Crippen molar-refractivity contribution in [3.8, 4) is 11.5 Å². The van der Waals surface area contributed by atoms with Crippen LogP contribution in [0.15, 0.2) is 39.5 Å². The molecule has 112 valence electrons. The van der Waals surface area contributed by atoms with Crippen LogP contribution in [0.2, 0.25) is 0 Å². The third-order valence-corrected chi connectivity index (χ3v) is 3.99. The minimum absolute atomic E-state index is 0.0554. The van der Waals surface area contributed by atoms with Crippen LogP contribution in [-0.2, 0) is 0 Å². The summed E-state index contributed by atoms with van der Waals surface area (Å²) < 4.78 is 6.32. The number of phenols is 1. The van der Waals surface area contributed by atoms with Gasteiger partial charge in [0.2, 0.25) is 0 Å². The summed E-state index contributed by atoms with van der Waals surface area (Å²) in [6.45, 7) is 1.71. The van der Waals surface area contributed by atoms with Crippen LogP contribution >= 0.6 is 11.3 Å². The second-order valence-electron chi connectivity index (χ2n) is 4.58. The zero-order valence-corrected chi connectivity index (χ0v) is 12.8. The zero-order valence-electron chi connectivity index (χ0n) is 12.0. The molecule has 2 aromatic heterocycles. The SMILES string of the molecule is COc1ccc(O)c(/C=N/n2c(C)nc3sccc3c2=O)c1. The Kier molecular flexibility index (Phi) is 3.64. The quantitative estimate of drug-likeness (QED) is 0.753. The Balaban J connectivity index is 2.08. The Morgan fingerprint density at radius 2 is 2.23 bits per heavy atom. The van der Waals surface area contributed by atoms with Gasteiger partial charge in [-0.3, -0.25) is 4.79 Å². The van der Waals surface area contributed by atoms with E-state index in [9.17, 15) is 9.90 Å². The summed E-state index contributed by atoms with van der Waals surface area (Å²) >= 11 is 1.41. The van der Waals surface area contributed by atoms with Gasteiger partial charge < -0.3 is 9.84 Å². The summed E-state index contributed by atoms with van der Waals surface area (Å²) in [5, 5.41) is 16.3. The average molecular weight is 315 g/mol. The average Bonchev–Trinajstić information content (AvgIpc) is 2.97. The fraction of sp³-hybridized carbons (Fsp3) is 0.133. The summed E-state index contributed by atoms with van der Waals surface area (Å²) in [5.41, 5.74) is 0.221. The molecule has 1 aromatic carbocycles. The van der Waals surface area contributed by atoms with Crippen molar-refractivity contribution in [3.63, 3.8) is 0 Å². The molecule has 3 aromatic rings. The number of rotatable bonds is 3. The molecule has 0 fully saturated rings. The Bertz CT molecular complexity index is 927. The third-order valence-electron chi connectivity index (χ3n) is 3.18. The van der Waals surface area contributed by atoms with E-state index in [2.05, 4.69) is 10.1 Å². The van der Waals surface area contributed by atoms with Crippen molar-refractivity contribution < 1.29 is 9.84 Å². The maximum atomic E-state index is 12.4. The molecule has 0 amide bonds. The standard InChI is InChI=1S/C15H13N3O3S/c1-9-17-14-12(5-6-22-14)15(20)18(9)16-8-10-7-11(21-2)3-4-13(10)19/h3-8,19H,1-2H3/b16-8+. The van der Waals surface area contributed by atoms with Crippen molar-refractivity contribution in [2.24, 2.45) is 5.10 Å². The van der Waals surface area contributed by atoms with Crippen molar-refractivity contribution in [1.82, 2.24) is 9.66 Å². The molecule has 1 N–H and O–H groups in total. The van der Waals surface area contributed by atoms with Crippen LogP contribution in [0, 0.1) is 6.92 Å². The number of thiophene rings is 1. The first-order chi connectivity index (χ1) is 10.6. The molecule has 7 heteroatoms. The van der Waals surface area contributed by atoms with Crippen molar-refractivity contribution in [2.45, 2.75) is 6.92 Å². The van der Waals surface area contributed by atoms with Crippen LogP contribution in [0.5, 0.6) is 11.5 Å². The van der Waals surface area contributed by atoms with Crippen molar-refractivity contribution >= 4 is 27.8 Å². The van der Waals surface area contributed by atoms with Crippen LogP contribution in [0.3, 0.4) is 0 Å². The first kappa shape index (κ1) is 14.3. The number of hydrogen-bond acceptors (Lipinski definition) is 6. The highest BCUT2D eigenvalue weighted by Gasteiger charge is 2.08. The summed E-state index contributed by atoms with van der Waals surface area (Å²) in [4.78, 5) is 17.4. The molecule has 0 atom stereocenters. The number of hydrogen-bond donors (Lipinski definition) is 1. The predicted octanol–water partition coefficient (Wildman–Crippen LogP) is 2.36. The molecular formula is C15H13N3O3S. The van der Waals surface area contributed by atoms with E-state index in [0.717, 1.165) is 0 Å². The lowest BCUT2D eigenvalue weighted by Crippen LogP contribution is -2.19. The van der Waals surface area contributed by atoms with E-state index in [4.69, 9.17) is 4.74 Å². The summed E-state index contributed by atoms with van der Waals surface area (Å²) in [6.07, 6.45) is 1.41. The molecule has 0 saturated heterocycles. The highest BCUT2D eigenvalue weighted by Crippen LogP contribution is 2.21. The van der Waals surface area contributed by atoms with E-state index in [-0.39, 0.29) is 11.3 Å². The molecule has 0 unspecified atom stereocenters. The summed E-state index contributed by atoms with van der Waals surface area (Å²) in [7, 11) is 1.54. The fourth-order valence-corrected chi connectivity index (χ4v) is 2.83. The zero-order chi connectivity index (χ0) is 15.7. The number of methoxy groups -OCH3 is 1. The van der Waals surface area contributed by atoms with E-state index in [0.29, 0.717) is 27.4 Å². The highest BCUT2D eigenvalue weighted by molar-refractivity contribution is 7.16. The lowest BCUT2D eigenvalue weighted by Gasteiger charge is -2.05. The second-order valence-corrected chi connectivity index (χ2v) is 5.48. The Morgan fingerprint density at radius 3 is 3.00 bits per heavy atom.